The van der Waals surface area contributed by atoms with Gasteiger partial charge in [0.05, 0.1) is 28.8 Å². The van der Waals surface area contributed by atoms with Gasteiger partial charge in [-0.05, 0) is 31.0 Å². The lowest BCUT2D eigenvalue weighted by molar-refractivity contribution is -0.137. The SMILES string of the molecule is CCC(OCc1ccc(-c2noc(=O)[nH]2)cc1)c1sc(-c2ccc(C(F)(F)F)cc2)nc1C. The van der Waals surface area contributed by atoms with Crippen LogP contribution in [0.4, 0.5) is 13.2 Å². The molecular formula is C23H20F3N3O3S. The van der Waals surface area contributed by atoms with E-state index in [1.807, 2.05) is 38.1 Å². The minimum atomic E-state index is -4.37. The topological polar surface area (TPSA) is 81.0 Å². The molecule has 0 saturated carbocycles. The molecule has 1 atom stereocenters. The maximum atomic E-state index is 12.8. The molecule has 33 heavy (non-hydrogen) atoms. The van der Waals surface area contributed by atoms with Crippen molar-refractivity contribution in [3.8, 4) is 22.0 Å². The van der Waals surface area contributed by atoms with Crippen LogP contribution in [0.1, 0.15) is 41.1 Å². The summed E-state index contributed by atoms with van der Waals surface area (Å²) < 4.78 is 49.1. The maximum absolute atomic E-state index is 12.8. The van der Waals surface area contributed by atoms with Gasteiger partial charge in [0.25, 0.3) is 0 Å². The first-order valence-corrected chi connectivity index (χ1v) is 11.0. The van der Waals surface area contributed by atoms with Crippen molar-refractivity contribution in [3.05, 3.63) is 80.8 Å². The minimum Gasteiger partial charge on any atom is -0.368 e. The van der Waals surface area contributed by atoms with Crippen molar-refractivity contribution in [2.45, 2.75) is 39.2 Å². The lowest BCUT2D eigenvalue weighted by atomic mass is 10.1. The van der Waals surface area contributed by atoms with Gasteiger partial charge in [-0.2, -0.15) is 13.2 Å². The first-order chi connectivity index (χ1) is 15.7. The number of halogens is 3. The first-order valence-electron chi connectivity index (χ1n) is 10.2. The Morgan fingerprint density at radius 2 is 1.76 bits per heavy atom. The number of nitrogens with zero attached hydrogens (tertiary/aromatic N) is 2. The summed E-state index contributed by atoms with van der Waals surface area (Å²) in [5, 5.41) is 4.32. The Bertz CT molecular complexity index is 1280. The zero-order valence-electron chi connectivity index (χ0n) is 17.8. The van der Waals surface area contributed by atoms with Crippen molar-refractivity contribution in [1.29, 1.82) is 0 Å². The van der Waals surface area contributed by atoms with E-state index in [0.29, 0.717) is 29.4 Å². The zero-order valence-corrected chi connectivity index (χ0v) is 18.6. The molecule has 2 aromatic heterocycles. The Kier molecular flexibility index (Phi) is 6.48. The minimum absolute atomic E-state index is 0.197. The predicted octanol–water partition coefficient (Wildman–Crippen LogP) is 6.15. The molecule has 0 fully saturated rings. The van der Waals surface area contributed by atoms with Crippen LogP contribution < -0.4 is 5.76 Å². The lowest BCUT2D eigenvalue weighted by Crippen LogP contribution is -2.03. The van der Waals surface area contributed by atoms with E-state index in [-0.39, 0.29) is 6.10 Å². The first kappa shape index (κ1) is 22.9. The molecule has 0 radical (unpaired) electrons. The number of benzene rings is 2. The van der Waals surface area contributed by atoms with E-state index in [2.05, 4.69) is 19.6 Å². The highest BCUT2D eigenvalue weighted by Gasteiger charge is 2.30. The average Bonchev–Trinajstić information content (AvgIpc) is 3.40. The number of aromatic amines is 1. The molecule has 4 rings (SSSR count). The molecule has 0 aliphatic rings. The van der Waals surface area contributed by atoms with Crippen LogP contribution in [0, 0.1) is 6.92 Å². The largest absolute Gasteiger partial charge is 0.439 e. The fraction of sp³-hybridized carbons (Fsp3) is 0.261. The summed E-state index contributed by atoms with van der Waals surface area (Å²) in [6.45, 7) is 4.24. The van der Waals surface area contributed by atoms with Gasteiger partial charge in [-0.25, -0.2) is 9.78 Å². The van der Waals surface area contributed by atoms with Crippen LogP contribution in [0.2, 0.25) is 0 Å². The fourth-order valence-corrected chi connectivity index (χ4v) is 4.53. The Labute approximate surface area is 191 Å². The number of ether oxygens (including phenoxy) is 1. The van der Waals surface area contributed by atoms with Gasteiger partial charge in [0.2, 0.25) is 0 Å². The summed E-state index contributed by atoms with van der Waals surface area (Å²) in [5.74, 6) is -0.256. The summed E-state index contributed by atoms with van der Waals surface area (Å²) in [7, 11) is 0. The Morgan fingerprint density at radius 3 is 2.33 bits per heavy atom. The smallest absolute Gasteiger partial charge is 0.368 e. The van der Waals surface area contributed by atoms with Crippen molar-refractivity contribution in [1.82, 2.24) is 15.1 Å². The molecular weight excluding hydrogens is 455 g/mol. The molecule has 6 nitrogen and oxygen atoms in total. The normalized spacial score (nSPS) is 12.8. The molecule has 1 N–H and O–H groups in total. The second-order valence-electron chi connectivity index (χ2n) is 7.39. The number of alkyl halides is 3. The number of hydrogen-bond acceptors (Lipinski definition) is 6. The number of nitrogens with one attached hydrogen (secondary N) is 1. The van der Waals surface area contributed by atoms with Crippen LogP contribution in [0.3, 0.4) is 0 Å². The van der Waals surface area contributed by atoms with Gasteiger partial charge in [-0.1, -0.05) is 48.5 Å². The Morgan fingerprint density at radius 1 is 1.09 bits per heavy atom. The van der Waals surface area contributed by atoms with Gasteiger partial charge in [-0.3, -0.25) is 9.51 Å². The van der Waals surface area contributed by atoms with Crippen molar-refractivity contribution in [2.24, 2.45) is 0 Å². The van der Waals surface area contributed by atoms with E-state index in [0.717, 1.165) is 33.8 Å². The third-order valence-corrected chi connectivity index (χ3v) is 6.37. The van der Waals surface area contributed by atoms with Crippen molar-refractivity contribution in [2.75, 3.05) is 0 Å². The monoisotopic (exact) mass is 475 g/mol. The molecule has 4 aromatic rings. The third-order valence-electron chi connectivity index (χ3n) is 5.07. The molecule has 2 aromatic carbocycles. The molecule has 0 spiro atoms. The van der Waals surface area contributed by atoms with E-state index >= 15 is 0 Å². The van der Waals surface area contributed by atoms with Gasteiger partial charge >= 0.3 is 11.9 Å². The number of rotatable bonds is 7. The van der Waals surface area contributed by atoms with Gasteiger partial charge in [0.15, 0.2) is 5.82 Å². The number of aromatic nitrogens is 3. The fourth-order valence-electron chi connectivity index (χ4n) is 3.32. The molecule has 0 amide bonds. The lowest BCUT2D eigenvalue weighted by Gasteiger charge is -2.15. The third kappa shape index (κ3) is 5.23. The number of H-pyrrole nitrogens is 1. The molecule has 0 aliphatic heterocycles. The molecule has 0 aliphatic carbocycles. The van der Waals surface area contributed by atoms with Crippen molar-refractivity contribution in [3.63, 3.8) is 0 Å². The quantitative estimate of drug-likeness (QED) is 0.347. The highest BCUT2D eigenvalue weighted by Crippen LogP contribution is 2.37. The van der Waals surface area contributed by atoms with Gasteiger partial charge < -0.3 is 4.74 Å². The van der Waals surface area contributed by atoms with E-state index in [1.54, 1.807) is 0 Å². The van der Waals surface area contributed by atoms with Crippen LogP contribution in [-0.2, 0) is 17.5 Å². The summed E-state index contributed by atoms with van der Waals surface area (Å²) in [6, 6.07) is 12.4. The highest BCUT2D eigenvalue weighted by molar-refractivity contribution is 7.15. The molecule has 172 valence electrons. The van der Waals surface area contributed by atoms with Crippen LogP contribution in [0.5, 0.6) is 0 Å². The van der Waals surface area contributed by atoms with E-state index < -0.39 is 17.5 Å². The van der Waals surface area contributed by atoms with Crippen LogP contribution >= 0.6 is 11.3 Å². The molecule has 10 heteroatoms. The van der Waals surface area contributed by atoms with Gasteiger partial charge in [-0.15, -0.1) is 11.3 Å². The van der Waals surface area contributed by atoms with Crippen LogP contribution in [-0.4, -0.2) is 15.1 Å². The summed E-state index contributed by atoms with van der Waals surface area (Å²) in [4.78, 5) is 19.1. The molecule has 1 unspecified atom stereocenters. The number of aryl methyl sites for hydroxylation is 1. The van der Waals surface area contributed by atoms with E-state index in [4.69, 9.17) is 4.74 Å². The van der Waals surface area contributed by atoms with Gasteiger partial charge in [0, 0.05) is 11.1 Å². The second kappa shape index (κ2) is 9.32. The Balaban J connectivity index is 1.46. The standard InChI is InChI=1S/C23H20F3N3O3S/c1-3-18(31-12-14-4-6-15(7-5-14)20-28-22(30)32-29-20)19-13(2)27-21(33-19)16-8-10-17(11-9-16)23(24,25)26/h4-11,18H,3,12H2,1-2H3,(H,28,29,30). The highest BCUT2D eigenvalue weighted by atomic mass is 32.1. The molecule has 0 bridgehead atoms. The van der Waals surface area contributed by atoms with E-state index in [1.165, 1.54) is 23.5 Å². The maximum Gasteiger partial charge on any atom is 0.439 e. The van der Waals surface area contributed by atoms with E-state index in [9.17, 15) is 18.0 Å². The predicted molar refractivity (Wildman–Crippen MR) is 118 cm³/mol. The summed E-state index contributed by atoms with van der Waals surface area (Å²) >= 11 is 1.43. The second-order valence-corrected chi connectivity index (χ2v) is 8.42. The van der Waals surface area contributed by atoms with Gasteiger partial charge in [0.1, 0.15) is 5.01 Å². The summed E-state index contributed by atoms with van der Waals surface area (Å²) in [5.41, 5.74) is 2.41. The van der Waals surface area contributed by atoms with Crippen LogP contribution in [0.15, 0.2) is 57.8 Å². The van der Waals surface area contributed by atoms with Crippen molar-refractivity contribution < 1.29 is 22.4 Å². The zero-order chi connectivity index (χ0) is 23.6. The number of thiazole rings is 1. The number of hydrogen-bond donors (Lipinski definition) is 1. The molecule has 0 saturated heterocycles. The molecule has 2 heterocycles. The Hall–Kier alpha value is -3.24. The van der Waals surface area contributed by atoms with Crippen molar-refractivity contribution >= 4 is 11.3 Å². The van der Waals surface area contributed by atoms with Crippen LogP contribution in [0.25, 0.3) is 22.0 Å². The average molecular weight is 475 g/mol. The summed E-state index contributed by atoms with van der Waals surface area (Å²) in [6.07, 6.45) is -3.85.